The number of hydrogen-bond acceptors (Lipinski definition) is 7. The molecule has 1 aliphatic rings. The Labute approximate surface area is 150 Å². The van der Waals surface area contributed by atoms with Gasteiger partial charge in [0.25, 0.3) is 0 Å². The molecule has 2 aromatic rings. The van der Waals surface area contributed by atoms with E-state index in [2.05, 4.69) is 4.72 Å². The topological polar surface area (TPSA) is 112 Å². The largest absolute Gasteiger partial charge is 0.468 e. The van der Waals surface area contributed by atoms with Gasteiger partial charge in [-0.25, -0.2) is 22.7 Å². The predicted molar refractivity (Wildman–Crippen MR) is 88.6 cm³/mol. The SMILES string of the molecule is C[C@@H]1C[C@@H](OC(=O)c2cccc(S(=O)(=O)NCc3ccco3)c2)C(=O)O1. The molecule has 26 heavy (non-hydrogen) atoms. The number of furan rings is 1. The maximum Gasteiger partial charge on any atom is 0.347 e. The van der Waals surface area contributed by atoms with Crippen LogP contribution in [0.3, 0.4) is 0 Å². The molecule has 0 spiro atoms. The molecule has 1 aromatic carbocycles. The number of ether oxygens (including phenoxy) is 2. The molecule has 9 heteroatoms. The molecule has 2 heterocycles. The van der Waals surface area contributed by atoms with E-state index in [4.69, 9.17) is 13.9 Å². The van der Waals surface area contributed by atoms with E-state index in [1.165, 1.54) is 30.5 Å². The van der Waals surface area contributed by atoms with Crippen molar-refractivity contribution in [1.29, 1.82) is 0 Å². The van der Waals surface area contributed by atoms with Gasteiger partial charge in [0.05, 0.1) is 23.3 Å². The number of esters is 2. The molecule has 1 aromatic heterocycles. The Balaban J connectivity index is 1.70. The second kappa shape index (κ2) is 7.30. The van der Waals surface area contributed by atoms with Gasteiger partial charge in [-0.05, 0) is 37.3 Å². The van der Waals surface area contributed by atoms with Crippen molar-refractivity contribution in [3.8, 4) is 0 Å². The zero-order valence-electron chi connectivity index (χ0n) is 13.9. The highest BCUT2D eigenvalue weighted by atomic mass is 32.2. The number of sulfonamides is 1. The van der Waals surface area contributed by atoms with Crippen LogP contribution in [0.15, 0.2) is 52.0 Å². The van der Waals surface area contributed by atoms with E-state index in [1.807, 2.05) is 0 Å². The molecule has 0 bridgehead atoms. The van der Waals surface area contributed by atoms with E-state index in [1.54, 1.807) is 19.1 Å². The number of carbonyl (C=O) groups excluding carboxylic acids is 2. The highest BCUT2D eigenvalue weighted by Gasteiger charge is 2.35. The van der Waals surface area contributed by atoms with Crippen LogP contribution in [-0.2, 0) is 30.8 Å². The predicted octanol–water partition coefficient (Wildman–Crippen LogP) is 1.62. The van der Waals surface area contributed by atoms with Crippen molar-refractivity contribution >= 4 is 22.0 Å². The van der Waals surface area contributed by atoms with Gasteiger partial charge >= 0.3 is 11.9 Å². The Bertz CT molecular complexity index is 905. The second-order valence-corrected chi connectivity index (χ2v) is 7.58. The minimum Gasteiger partial charge on any atom is -0.468 e. The Hall–Kier alpha value is -2.65. The van der Waals surface area contributed by atoms with E-state index in [-0.39, 0.29) is 29.5 Å². The van der Waals surface area contributed by atoms with Crippen LogP contribution in [0.5, 0.6) is 0 Å². The van der Waals surface area contributed by atoms with Crippen LogP contribution in [0.25, 0.3) is 0 Å². The first-order valence-electron chi connectivity index (χ1n) is 7.89. The standard InChI is InChI=1S/C17H17NO7S/c1-11-8-15(17(20)24-11)25-16(19)12-4-2-6-14(9-12)26(21,22)18-10-13-5-3-7-23-13/h2-7,9,11,15,18H,8,10H2,1H3/t11-,15-/m1/s1. The molecule has 1 saturated heterocycles. The molecule has 0 radical (unpaired) electrons. The van der Waals surface area contributed by atoms with Crippen LogP contribution < -0.4 is 4.72 Å². The molecule has 3 rings (SSSR count). The number of hydrogen-bond donors (Lipinski definition) is 1. The third-order valence-electron chi connectivity index (χ3n) is 3.77. The Morgan fingerprint density at radius 1 is 1.31 bits per heavy atom. The fourth-order valence-electron chi connectivity index (χ4n) is 2.47. The van der Waals surface area contributed by atoms with Crippen molar-refractivity contribution in [1.82, 2.24) is 4.72 Å². The first kappa shape index (κ1) is 18.2. The highest BCUT2D eigenvalue weighted by molar-refractivity contribution is 7.89. The van der Waals surface area contributed by atoms with Gasteiger partial charge in [-0.15, -0.1) is 0 Å². The van der Waals surface area contributed by atoms with Crippen molar-refractivity contribution < 1.29 is 31.9 Å². The molecule has 138 valence electrons. The van der Waals surface area contributed by atoms with Gasteiger partial charge in [0.15, 0.2) is 0 Å². The van der Waals surface area contributed by atoms with Crippen LogP contribution in [0.4, 0.5) is 0 Å². The fraction of sp³-hybridized carbons (Fsp3) is 0.294. The second-order valence-electron chi connectivity index (χ2n) is 5.81. The van der Waals surface area contributed by atoms with Crippen molar-refractivity contribution in [2.45, 2.75) is 37.0 Å². The smallest absolute Gasteiger partial charge is 0.347 e. The average molecular weight is 379 g/mol. The van der Waals surface area contributed by atoms with Crippen LogP contribution in [0.1, 0.15) is 29.5 Å². The Morgan fingerprint density at radius 3 is 2.77 bits per heavy atom. The summed E-state index contributed by atoms with van der Waals surface area (Å²) < 4.78 is 42.2. The van der Waals surface area contributed by atoms with Crippen LogP contribution in [-0.4, -0.2) is 32.6 Å². The van der Waals surface area contributed by atoms with E-state index in [0.29, 0.717) is 5.76 Å². The summed E-state index contributed by atoms with van der Waals surface area (Å²) in [4.78, 5) is 23.7. The summed E-state index contributed by atoms with van der Waals surface area (Å²) in [6, 6.07) is 8.67. The van der Waals surface area contributed by atoms with E-state index < -0.39 is 28.1 Å². The summed E-state index contributed by atoms with van der Waals surface area (Å²) >= 11 is 0. The minimum absolute atomic E-state index is 0.0180. The van der Waals surface area contributed by atoms with Crippen molar-refractivity contribution in [2.24, 2.45) is 0 Å². The quantitative estimate of drug-likeness (QED) is 0.759. The maximum atomic E-state index is 12.4. The van der Waals surface area contributed by atoms with Gasteiger partial charge in [0.2, 0.25) is 16.1 Å². The first-order valence-corrected chi connectivity index (χ1v) is 9.37. The lowest BCUT2D eigenvalue weighted by atomic mass is 10.2. The molecule has 1 N–H and O–H groups in total. The van der Waals surface area contributed by atoms with Crippen molar-refractivity contribution in [3.05, 3.63) is 54.0 Å². The third kappa shape index (κ3) is 4.12. The molecule has 0 amide bonds. The van der Waals surface area contributed by atoms with Gasteiger partial charge < -0.3 is 13.9 Å². The molecule has 0 saturated carbocycles. The fourth-order valence-corrected chi connectivity index (χ4v) is 3.51. The molecular weight excluding hydrogens is 362 g/mol. The van der Waals surface area contributed by atoms with Crippen molar-refractivity contribution in [2.75, 3.05) is 0 Å². The first-order chi connectivity index (χ1) is 12.3. The summed E-state index contributed by atoms with van der Waals surface area (Å²) in [5.74, 6) is -0.933. The summed E-state index contributed by atoms with van der Waals surface area (Å²) in [5, 5.41) is 0. The highest BCUT2D eigenvalue weighted by Crippen LogP contribution is 2.20. The average Bonchev–Trinajstić information content (AvgIpc) is 3.23. The lowest BCUT2D eigenvalue weighted by Gasteiger charge is -2.10. The monoisotopic (exact) mass is 379 g/mol. The zero-order chi connectivity index (χ0) is 18.7. The molecule has 0 unspecified atom stereocenters. The molecule has 0 aliphatic carbocycles. The van der Waals surface area contributed by atoms with E-state index in [9.17, 15) is 18.0 Å². The summed E-state index contributed by atoms with van der Waals surface area (Å²) in [5.41, 5.74) is 0.0261. The summed E-state index contributed by atoms with van der Waals surface area (Å²) in [7, 11) is -3.85. The number of nitrogens with one attached hydrogen (secondary N) is 1. The number of carbonyl (C=O) groups is 2. The molecule has 1 fully saturated rings. The van der Waals surface area contributed by atoms with Gasteiger partial charge in [0.1, 0.15) is 11.9 Å². The molecule has 8 nitrogen and oxygen atoms in total. The van der Waals surface area contributed by atoms with Gasteiger partial charge in [-0.3, -0.25) is 0 Å². The van der Waals surface area contributed by atoms with Gasteiger partial charge in [-0.1, -0.05) is 6.07 Å². The normalized spacial score (nSPS) is 20.0. The molecular formula is C17H17NO7S. The number of cyclic esters (lactones) is 1. The summed E-state index contributed by atoms with van der Waals surface area (Å²) in [6.07, 6.45) is 0.412. The van der Waals surface area contributed by atoms with Crippen LogP contribution >= 0.6 is 0 Å². The van der Waals surface area contributed by atoms with E-state index in [0.717, 1.165) is 0 Å². The lowest BCUT2D eigenvalue weighted by molar-refractivity contribution is -0.147. The van der Waals surface area contributed by atoms with E-state index >= 15 is 0 Å². The number of benzene rings is 1. The van der Waals surface area contributed by atoms with Crippen LogP contribution in [0, 0.1) is 0 Å². The lowest BCUT2D eigenvalue weighted by Crippen LogP contribution is -2.24. The number of rotatable bonds is 6. The molecule has 2 atom stereocenters. The minimum atomic E-state index is -3.85. The van der Waals surface area contributed by atoms with Gasteiger partial charge in [0, 0.05) is 6.42 Å². The molecule has 1 aliphatic heterocycles. The van der Waals surface area contributed by atoms with Gasteiger partial charge in [-0.2, -0.15) is 0 Å². The van der Waals surface area contributed by atoms with Crippen LogP contribution in [0.2, 0.25) is 0 Å². The zero-order valence-corrected chi connectivity index (χ0v) is 14.7. The Morgan fingerprint density at radius 2 is 2.12 bits per heavy atom. The maximum absolute atomic E-state index is 12.4. The Kier molecular flexibility index (Phi) is 5.10. The summed E-state index contributed by atoms with van der Waals surface area (Å²) in [6.45, 7) is 1.68. The third-order valence-corrected chi connectivity index (χ3v) is 5.17. The van der Waals surface area contributed by atoms with Crippen molar-refractivity contribution in [3.63, 3.8) is 0 Å².